The SMILES string of the molecule is CCN(CC)C(=O)c1ccc2[nH]cc(C(=O)C(=O)N[C@@H]3c4cc5c(cc4[C@@H](c4cc(OC)c(OC)c(OC)c4)[C@H]4C(=O)OC[C@@H]43)OCO5)c2c1. The fraction of sp³-hybridized carbons (Fsp3) is 0.351. The number of hydrogen-bond donors (Lipinski definition) is 2. The number of Topliss-reactive ketones (excluding diaryl/α,β-unsaturated/α-hetero) is 1. The molecule has 7 rings (SSSR count). The maximum atomic E-state index is 13.9. The molecule has 13 heteroatoms. The molecule has 4 atom stereocenters. The molecule has 0 bridgehead atoms. The number of amides is 2. The normalized spacial score (nSPS) is 20.1. The molecule has 13 nitrogen and oxygen atoms in total. The van der Waals surface area contributed by atoms with E-state index in [1.807, 2.05) is 19.9 Å². The summed E-state index contributed by atoms with van der Waals surface area (Å²) in [6.07, 6.45) is 1.47. The second-order valence-corrected chi connectivity index (χ2v) is 12.3. The van der Waals surface area contributed by atoms with Gasteiger partial charge in [-0.2, -0.15) is 0 Å². The minimum absolute atomic E-state index is 0.0107. The zero-order chi connectivity index (χ0) is 35.3. The summed E-state index contributed by atoms with van der Waals surface area (Å²) in [6, 6.07) is 11.4. The summed E-state index contributed by atoms with van der Waals surface area (Å²) >= 11 is 0. The molecule has 0 spiro atoms. The molecule has 0 unspecified atom stereocenters. The van der Waals surface area contributed by atoms with Crippen LogP contribution in [0, 0.1) is 11.8 Å². The highest BCUT2D eigenvalue weighted by atomic mass is 16.7. The predicted octanol–water partition coefficient (Wildman–Crippen LogP) is 4.38. The number of ketones is 1. The topological polar surface area (TPSA) is 155 Å². The molecule has 2 N–H and O–H groups in total. The number of carbonyl (C=O) groups excluding carboxylic acids is 4. The van der Waals surface area contributed by atoms with Crippen molar-refractivity contribution in [2.75, 3.05) is 47.8 Å². The number of methoxy groups -OCH3 is 3. The third-order valence-corrected chi connectivity index (χ3v) is 9.95. The number of ether oxygens (including phenoxy) is 6. The number of rotatable bonds is 10. The van der Waals surface area contributed by atoms with Crippen molar-refractivity contribution in [3.63, 3.8) is 0 Å². The molecule has 1 fully saturated rings. The molecule has 4 aromatic rings. The van der Waals surface area contributed by atoms with E-state index in [0.717, 1.165) is 0 Å². The third-order valence-electron chi connectivity index (χ3n) is 9.95. The number of benzene rings is 3. The molecular weight excluding hydrogens is 646 g/mol. The molecule has 3 heterocycles. The lowest BCUT2D eigenvalue weighted by Gasteiger charge is -2.39. The first kappa shape index (κ1) is 32.8. The lowest BCUT2D eigenvalue weighted by Crippen LogP contribution is -2.44. The predicted molar refractivity (Wildman–Crippen MR) is 179 cm³/mol. The van der Waals surface area contributed by atoms with E-state index in [9.17, 15) is 19.2 Å². The van der Waals surface area contributed by atoms with Crippen LogP contribution < -0.4 is 29.0 Å². The Morgan fingerprint density at radius 2 is 1.58 bits per heavy atom. The van der Waals surface area contributed by atoms with Crippen LogP contribution in [0.2, 0.25) is 0 Å². The number of nitrogens with one attached hydrogen (secondary N) is 2. The van der Waals surface area contributed by atoms with Crippen LogP contribution in [-0.4, -0.2) is 81.3 Å². The van der Waals surface area contributed by atoms with Gasteiger partial charge in [0.1, 0.15) is 0 Å². The van der Waals surface area contributed by atoms with E-state index in [1.54, 1.807) is 41.3 Å². The summed E-state index contributed by atoms with van der Waals surface area (Å²) in [5, 5.41) is 3.40. The second kappa shape index (κ2) is 13.0. The number of aromatic nitrogens is 1. The van der Waals surface area contributed by atoms with Gasteiger partial charge in [-0.25, -0.2) is 0 Å². The molecular formula is C37H37N3O10. The first-order chi connectivity index (χ1) is 24.2. The van der Waals surface area contributed by atoms with E-state index < -0.39 is 41.5 Å². The maximum Gasteiger partial charge on any atom is 0.310 e. The van der Waals surface area contributed by atoms with Gasteiger partial charge in [0.15, 0.2) is 23.0 Å². The Labute approximate surface area is 287 Å². The highest BCUT2D eigenvalue weighted by molar-refractivity contribution is 6.45. The monoisotopic (exact) mass is 683 g/mol. The van der Waals surface area contributed by atoms with E-state index in [4.69, 9.17) is 28.4 Å². The number of carbonyl (C=O) groups is 4. The quantitative estimate of drug-likeness (QED) is 0.140. The fourth-order valence-electron chi connectivity index (χ4n) is 7.49. The molecule has 0 saturated carbocycles. The van der Waals surface area contributed by atoms with Gasteiger partial charge in [0.05, 0.1) is 45.5 Å². The summed E-state index contributed by atoms with van der Waals surface area (Å²) in [7, 11) is 4.54. The number of fused-ring (bicyclic) bond motifs is 4. The molecule has 50 heavy (non-hydrogen) atoms. The summed E-state index contributed by atoms with van der Waals surface area (Å²) in [5.74, 6) is -1.94. The number of esters is 1. The standard InChI is InChI=1S/C37H37N3O10/c1-6-40(7-2)36(43)18-8-9-25-20(10-18)23(15-38-25)33(41)35(42)39-32-22-14-27-26(49-17-50-27)13-21(22)30(31-24(32)16-48-37(31)44)19-11-28(45-3)34(47-5)29(12-19)46-4/h8-15,24,30-32,38H,6-7,16-17H2,1-5H3,(H,39,42)/t24-,30+,31-,32+/m0/s1. The van der Waals surface area contributed by atoms with Crippen LogP contribution in [0.4, 0.5) is 0 Å². The average Bonchev–Trinajstić information content (AvgIpc) is 3.88. The Morgan fingerprint density at radius 1 is 0.900 bits per heavy atom. The lowest BCUT2D eigenvalue weighted by atomic mass is 9.65. The summed E-state index contributed by atoms with van der Waals surface area (Å²) in [4.78, 5) is 59.1. The van der Waals surface area contributed by atoms with Gasteiger partial charge in [0, 0.05) is 47.6 Å². The second-order valence-electron chi connectivity index (χ2n) is 12.3. The van der Waals surface area contributed by atoms with Gasteiger partial charge in [-0.15, -0.1) is 0 Å². The van der Waals surface area contributed by atoms with Crippen molar-refractivity contribution < 1.29 is 47.6 Å². The summed E-state index contributed by atoms with van der Waals surface area (Å²) < 4.78 is 33.9. The number of hydrogen-bond acceptors (Lipinski definition) is 10. The van der Waals surface area contributed by atoms with Gasteiger partial charge >= 0.3 is 5.97 Å². The highest BCUT2D eigenvalue weighted by Gasteiger charge is 2.53. The van der Waals surface area contributed by atoms with Crippen LogP contribution in [0.25, 0.3) is 10.9 Å². The molecule has 3 aliphatic rings. The molecule has 260 valence electrons. The zero-order valence-electron chi connectivity index (χ0n) is 28.3. The molecule has 1 saturated heterocycles. The Bertz CT molecular complexity index is 2010. The molecule has 3 aromatic carbocycles. The minimum Gasteiger partial charge on any atom is -0.493 e. The van der Waals surface area contributed by atoms with Crippen molar-refractivity contribution in [2.45, 2.75) is 25.8 Å². The van der Waals surface area contributed by atoms with Gasteiger partial charge in [0.2, 0.25) is 12.5 Å². The summed E-state index contributed by atoms with van der Waals surface area (Å²) in [6.45, 7) is 4.89. The van der Waals surface area contributed by atoms with Gasteiger partial charge in [-0.1, -0.05) is 0 Å². The molecule has 1 aliphatic carbocycles. The van der Waals surface area contributed by atoms with Crippen LogP contribution in [0.1, 0.15) is 63.2 Å². The van der Waals surface area contributed by atoms with E-state index in [-0.39, 0.29) is 24.9 Å². The highest BCUT2D eigenvalue weighted by Crippen LogP contribution is 2.55. The van der Waals surface area contributed by atoms with Crippen LogP contribution in [-0.2, 0) is 14.3 Å². The van der Waals surface area contributed by atoms with Crippen LogP contribution >= 0.6 is 0 Å². The Hall–Kier alpha value is -5.72. The number of H-pyrrole nitrogens is 1. The summed E-state index contributed by atoms with van der Waals surface area (Å²) in [5.41, 5.74) is 3.18. The largest absolute Gasteiger partial charge is 0.493 e. The van der Waals surface area contributed by atoms with Gasteiger partial charge in [-0.05, 0) is 73.0 Å². The van der Waals surface area contributed by atoms with E-state index >= 15 is 0 Å². The fourth-order valence-corrected chi connectivity index (χ4v) is 7.49. The third kappa shape index (κ3) is 5.24. The van der Waals surface area contributed by atoms with Crippen molar-refractivity contribution in [3.05, 3.63) is 76.5 Å². The minimum atomic E-state index is -0.871. The number of aromatic amines is 1. The van der Waals surface area contributed by atoms with Crippen molar-refractivity contribution in [2.24, 2.45) is 11.8 Å². The Balaban J connectivity index is 1.28. The van der Waals surface area contributed by atoms with E-state index in [2.05, 4.69) is 10.3 Å². The Kier molecular flexibility index (Phi) is 8.50. The van der Waals surface area contributed by atoms with E-state index in [0.29, 0.717) is 75.0 Å². The first-order valence-corrected chi connectivity index (χ1v) is 16.4. The van der Waals surface area contributed by atoms with Gasteiger partial charge in [-0.3, -0.25) is 19.2 Å². The molecule has 1 aromatic heterocycles. The van der Waals surface area contributed by atoms with Crippen LogP contribution in [0.15, 0.2) is 48.7 Å². The average molecular weight is 684 g/mol. The first-order valence-electron chi connectivity index (χ1n) is 16.4. The van der Waals surface area contributed by atoms with Crippen molar-refractivity contribution >= 4 is 34.5 Å². The Morgan fingerprint density at radius 3 is 2.22 bits per heavy atom. The molecule has 0 radical (unpaired) electrons. The van der Waals surface area contributed by atoms with Gasteiger partial charge in [0.25, 0.3) is 17.6 Å². The van der Waals surface area contributed by atoms with Crippen LogP contribution in [0.3, 0.4) is 0 Å². The number of cyclic esters (lactones) is 1. The molecule has 2 amide bonds. The lowest BCUT2D eigenvalue weighted by molar-refractivity contribution is -0.141. The van der Waals surface area contributed by atoms with Crippen molar-refractivity contribution in [1.29, 1.82) is 0 Å². The maximum absolute atomic E-state index is 13.9. The van der Waals surface area contributed by atoms with E-state index in [1.165, 1.54) is 27.5 Å². The van der Waals surface area contributed by atoms with Crippen molar-refractivity contribution in [3.8, 4) is 28.7 Å². The van der Waals surface area contributed by atoms with Crippen molar-refractivity contribution in [1.82, 2.24) is 15.2 Å². The smallest absolute Gasteiger partial charge is 0.310 e. The van der Waals surface area contributed by atoms with Gasteiger partial charge < -0.3 is 43.6 Å². The number of nitrogens with zero attached hydrogens (tertiary/aromatic N) is 1. The zero-order valence-corrected chi connectivity index (χ0v) is 28.3. The van der Waals surface area contributed by atoms with Crippen LogP contribution in [0.5, 0.6) is 28.7 Å². The molecule has 2 aliphatic heterocycles.